The van der Waals surface area contributed by atoms with Crippen LogP contribution < -0.4 is 5.32 Å². The van der Waals surface area contributed by atoms with Gasteiger partial charge in [0.25, 0.3) is 0 Å². The maximum atomic E-state index is 12.5. The minimum Gasteiger partial charge on any atom is -0.380 e. The monoisotopic (exact) mass is 301 g/mol. The molecule has 1 aromatic heterocycles. The molecule has 1 saturated heterocycles. The number of nitrogens with zero attached hydrogens (tertiary/aromatic N) is 1. The van der Waals surface area contributed by atoms with Gasteiger partial charge in [-0.15, -0.1) is 0 Å². The van der Waals surface area contributed by atoms with Crippen LogP contribution in [0.3, 0.4) is 0 Å². The van der Waals surface area contributed by atoms with Crippen LogP contribution in [-0.4, -0.2) is 50.6 Å². The van der Waals surface area contributed by atoms with Crippen molar-refractivity contribution in [2.45, 2.75) is 31.2 Å². The number of rotatable bonds is 6. The first-order chi connectivity index (χ1) is 9.64. The second-order valence-electron chi connectivity index (χ2n) is 4.91. The maximum Gasteiger partial charge on any atom is 0.244 e. The van der Waals surface area contributed by atoms with Gasteiger partial charge in [0.1, 0.15) is 0 Å². The Kier molecular flexibility index (Phi) is 5.59. The number of aromatic nitrogens is 1. The summed E-state index contributed by atoms with van der Waals surface area (Å²) in [5.41, 5.74) is 0.892. The number of aromatic amines is 1. The van der Waals surface area contributed by atoms with Gasteiger partial charge in [-0.3, -0.25) is 0 Å². The average molecular weight is 301 g/mol. The van der Waals surface area contributed by atoms with E-state index in [2.05, 4.69) is 17.2 Å². The number of nitrogens with one attached hydrogen (secondary N) is 2. The Labute approximate surface area is 120 Å². The zero-order chi connectivity index (χ0) is 14.4. The molecular weight excluding hydrogens is 278 g/mol. The van der Waals surface area contributed by atoms with E-state index >= 15 is 0 Å². The first-order valence-electron chi connectivity index (χ1n) is 7.10. The van der Waals surface area contributed by atoms with Gasteiger partial charge in [-0.1, -0.05) is 6.92 Å². The van der Waals surface area contributed by atoms with Crippen LogP contribution in [0, 0.1) is 0 Å². The molecule has 1 aliphatic rings. The minimum atomic E-state index is -3.40. The zero-order valence-electron chi connectivity index (χ0n) is 11.9. The highest BCUT2D eigenvalue weighted by atomic mass is 32.2. The summed E-state index contributed by atoms with van der Waals surface area (Å²) in [6.07, 6.45) is 3.37. The molecule has 6 nitrogen and oxygen atoms in total. The number of ether oxygens (including phenoxy) is 1. The van der Waals surface area contributed by atoms with E-state index in [0.29, 0.717) is 37.7 Å². The smallest absolute Gasteiger partial charge is 0.244 e. The van der Waals surface area contributed by atoms with Crippen LogP contribution in [0.15, 0.2) is 17.2 Å². The molecule has 0 aromatic carbocycles. The molecule has 0 saturated carbocycles. The van der Waals surface area contributed by atoms with Crippen molar-refractivity contribution >= 4 is 10.0 Å². The van der Waals surface area contributed by atoms with Gasteiger partial charge in [-0.2, -0.15) is 4.31 Å². The largest absolute Gasteiger partial charge is 0.380 e. The predicted molar refractivity (Wildman–Crippen MR) is 77.0 cm³/mol. The Morgan fingerprint density at radius 3 is 3.05 bits per heavy atom. The van der Waals surface area contributed by atoms with Gasteiger partial charge in [-0.25, -0.2) is 8.42 Å². The SMILES string of the molecule is CCCNCc1cc(S(=O)(=O)N2CCCOCC2)c[nH]1. The lowest BCUT2D eigenvalue weighted by atomic mass is 10.4. The molecule has 2 N–H and O–H groups in total. The molecule has 1 aromatic rings. The fraction of sp³-hybridized carbons (Fsp3) is 0.692. The molecule has 1 fully saturated rings. The molecule has 2 heterocycles. The normalized spacial score (nSPS) is 18.1. The fourth-order valence-electron chi connectivity index (χ4n) is 2.18. The fourth-order valence-corrected chi connectivity index (χ4v) is 3.66. The van der Waals surface area contributed by atoms with Crippen LogP contribution in [-0.2, 0) is 21.3 Å². The molecule has 7 heteroatoms. The predicted octanol–water partition coefficient (Wildman–Crippen LogP) is 0.925. The molecule has 0 unspecified atom stereocenters. The molecule has 0 spiro atoms. The summed E-state index contributed by atoms with van der Waals surface area (Å²) >= 11 is 0. The van der Waals surface area contributed by atoms with Gasteiger partial charge in [-0.05, 0) is 25.5 Å². The number of sulfonamides is 1. The molecule has 0 amide bonds. The van der Waals surface area contributed by atoms with Crippen molar-refractivity contribution in [3.63, 3.8) is 0 Å². The Hall–Kier alpha value is -0.890. The first kappa shape index (κ1) is 15.5. The molecule has 0 bridgehead atoms. The van der Waals surface area contributed by atoms with E-state index in [-0.39, 0.29) is 0 Å². The number of H-pyrrole nitrogens is 1. The minimum absolute atomic E-state index is 0.340. The van der Waals surface area contributed by atoms with Gasteiger partial charge in [0.05, 0.1) is 11.5 Å². The van der Waals surface area contributed by atoms with Gasteiger partial charge in [0.2, 0.25) is 10.0 Å². The molecule has 0 radical (unpaired) electrons. The van der Waals surface area contributed by atoms with E-state index in [9.17, 15) is 8.42 Å². The first-order valence-corrected chi connectivity index (χ1v) is 8.54. The van der Waals surface area contributed by atoms with Crippen molar-refractivity contribution in [1.82, 2.24) is 14.6 Å². The molecule has 114 valence electrons. The van der Waals surface area contributed by atoms with Crippen molar-refractivity contribution in [1.29, 1.82) is 0 Å². The van der Waals surface area contributed by atoms with Crippen LogP contribution in [0.5, 0.6) is 0 Å². The van der Waals surface area contributed by atoms with E-state index in [1.807, 2.05) is 0 Å². The second-order valence-corrected chi connectivity index (χ2v) is 6.85. The third-order valence-corrected chi connectivity index (χ3v) is 5.15. The Morgan fingerprint density at radius 2 is 2.25 bits per heavy atom. The van der Waals surface area contributed by atoms with Crippen LogP contribution in [0.2, 0.25) is 0 Å². The topological polar surface area (TPSA) is 74.4 Å². The lowest BCUT2D eigenvalue weighted by Crippen LogP contribution is -2.33. The van der Waals surface area contributed by atoms with Crippen LogP contribution in [0.25, 0.3) is 0 Å². The molecule has 2 rings (SSSR count). The summed E-state index contributed by atoms with van der Waals surface area (Å²) in [5.74, 6) is 0. The lowest BCUT2D eigenvalue weighted by Gasteiger charge is -2.18. The third-order valence-electron chi connectivity index (χ3n) is 3.28. The summed E-state index contributed by atoms with van der Waals surface area (Å²) in [7, 11) is -3.40. The molecule has 0 atom stereocenters. The summed E-state index contributed by atoms with van der Waals surface area (Å²) in [6.45, 7) is 5.73. The van der Waals surface area contributed by atoms with E-state index in [4.69, 9.17) is 4.74 Å². The Balaban J connectivity index is 2.05. The maximum absolute atomic E-state index is 12.5. The van der Waals surface area contributed by atoms with Gasteiger partial charge >= 0.3 is 0 Å². The van der Waals surface area contributed by atoms with Gasteiger partial charge in [0, 0.05) is 38.1 Å². The number of hydrogen-bond acceptors (Lipinski definition) is 4. The van der Waals surface area contributed by atoms with Crippen LogP contribution in [0.1, 0.15) is 25.5 Å². The average Bonchev–Trinajstić information content (AvgIpc) is 2.73. The quantitative estimate of drug-likeness (QED) is 0.767. The lowest BCUT2D eigenvalue weighted by molar-refractivity contribution is 0.148. The van der Waals surface area contributed by atoms with Crippen LogP contribution in [0.4, 0.5) is 0 Å². The molecule has 1 aliphatic heterocycles. The molecular formula is C13H23N3O3S. The van der Waals surface area contributed by atoms with Gasteiger partial charge < -0.3 is 15.0 Å². The summed E-state index contributed by atoms with van der Waals surface area (Å²) < 4.78 is 31.8. The highest BCUT2D eigenvalue weighted by Gasteiger charge is 2.26. The van der Waals surface area contributed by atoms with Crippen molar-refractivity contribution < 1.29 is 13.2 Å². The Morgan fingerprint density at radius 1 is 1.40 bits per heavy atom. The third kappa shape index (κ3) is 3.82. The van der Waals surface area contributed by atoms with Crippen LogP contribution >= 0.6 is 0 Å². The standard InChI is InChI=1S/C13H23N3O3S/c1-2-4-14-10-12-9-13(11-15-12)20(17,18)16-5-3-7-19-8-6-16/h9,11,14-15H,2-8,10H2,1H3. The summed E-state index contributed by atoms with van der Waals surface area (Å²) in [4.78, 5) is 3.37. The summed E-state index contributed by atoms with van der Waals surface area (Å²) in [6, 6.07) is 1.71. The van der Waals surface area contributed by atoms with E-state index < -0.39 is 10.0 Å². The highest BCUT2D eigenvalue weighted by molar-refractivity contribution is 7.89. The summed E-state index contributed by atoms with van der Waals surface area (Å²) in [5, 5.41) is 3.25. The number of hydrogen-bond donors (Lipinski definition) is 2. The van der Waals surface area contributed by atoms with E-state index in [0.717, 1.165) is 25.1 Å². The van der Waals surface area contributed by atoms with E-state index in [1.54, 1.807) is 12.3 Å². The Bertz CT molecular complexity index is 505. The van der Waals surface area contributed by atoms with Crippen molar-refractivity contribution in [3.05, 3.63) is 18.0 Å². The highest BCUT2D eigenvalue weighted by Crippen LogP contribution is 2.18. The zero-order valence-corrected chi connectivity index (χ0v) is 12.7. The second kappa shape index (κ2) is 7.21. The van der Waals surface area contributed by atoms with Crippen molar-refractivity contribution in [2.24, 2.45) is 0 Å². The molecule has 20 heavy (non-hydrogen) atoms. The van der Waals surface area contributed by atoms with Gasteiger partial charge in [0.15, 0.2) is 0 Å². The van der Waals surface area contributed by atoms with Crippen molar-refractivity contribution in [2.75, 3.05) is 32.8 Å². The van der Waals surface area contributed by atoms with Crippen molar-refractivity contribution in [3.8, 4) is 0 Å². The van der Waals surface area contributed by atoms with E-state index in [1.165, 1.54) is 4.31 Å². The molecule has 0 aliphatic carbocycles.